The van der Waals surface area contributed by atoms with Crippen molar-refractivity contribution in [2.45, 2.75) is 10.6 Å². The van der Waals surface area contributed by atoms with Crippen molar-refractivity contribution in [2.75, 3.05) is 0 Å². The van der Waals surface area contributed by atoms with Crippen molar-refractivity contribution in [1.29, 1.82) is 0 Å². The van der Waals surface area contributed by atoms with Crippen LogP contribution in [0.5, 0.6) is 0 Å². The summed E-state index contributed by atoms with van der Waals surface area (Å²) in [5.41, 5.74) is 3.13. The summed E-state index contributed by atoms with van der Waals surface area (Å²) in [7, 11) is 0. The Kier molecular flexibility index (Phi) is 4.08. The third-order valence-electron chi connectivity index (χ3n) is 3.44. The van der Waals surface area contributed by atoms with E-state index in [1.807, 2.05) is 29.6 Å². The number of thiazole rings is 1. The highest BCUT2D eigenvalue weighted by molar-refractivity contribution is 7.98. The predicted octanol–water partition coefficient (Wildman–Crippen LogP) is 5.63. The minimum atomic E-state index is 0.814. The molecule has 0 saturated heterocycles. The number of rotatable bonds is 4. The van der Waals surface area contributed by atoms with Crippen LogP contribution in [0.2, 0.25) is 5.02 Å². The number of hydrogen-bond acceptors (Lipinski definition) is 4. The van der Waals surface area contributed by atoms with Crippen LogP contribution in [0.1, 0.15) is 5.56 Å². The number of nitrogens with zero attached hydrogens (tertiary/aromatic N) is 2. The van der Waals surface area contributed by atoms with Gasteiger partial charge >= 0.3 is 0 Å². The van der Waals surface area contributed by atoms with E-state index in [1.54, 1.807) is 29.3 Å². The summed E-state index contributed by atoms with van der Waals surface area (Å²) >= 11 is 9.55. The Balaban J connectivity index is 1.58. The number of benzene rings is 2. The minimum Gasteiger partial charge on any atom is -0.336 e. The van der Waals surface area contributed by atoms with E-state index in [0.717, 1.165) is 38.2 Å². The van der Waals surface area contributed by atoms with Gasteiger partial charge in [-0.1, -0.05) is 29.8 Å². The molecular weight excluding hydrogens is 346 g/mol. The van der Waals surface area contributed by atoms with E-state index in [1.165, 1.54) is 4.90 Å². The molecule has 1 N–H and O–H groups in total. The Morgan fingerprint density at radius 3 is 2.91 bits per heavy atom. The summed E-state index contributed by atoms with van der Waals surface area (Å²) < 4.78 is 0. The van der Waals surface area contributed by atoms with Gasteiger partial charge in [-0.05, 0) is 29.8 Å². The van der Waals surface area contributed by atoms with E-state index < -0.39 is 0 Å². The fraction of sp³-hybridized carbons (Fsp3) is 0.0588. The number of aromatic nitrogens is 3. The molecule has 0 aliphatic heterocycles. The number of imidazole rings is 1. The Morgan fingerprint density at radius 1 is 1.17 bits per heavy atom. The van der Waals surface area contributed by atoms with Gasteiger partial charge in [0.2, 0.25) is 0 Å². The van der Waals surface area contributed by atoms with Crippen molar-refractivity contribution >= 4 is 45.7 Å². The molecule has 23 heavy (non-hydrogen) atoms. The van der Waals surface area contributed by atoms with Gasteiger partial charge in [-0.3, -0.25) is 0 Å². The largest absolute Gasteiger partial charge is 0.336 e. The van der Waals surface area contributed by atoms with Crippen LogP contribution >= 0.6 is 34.7 Å². The van der Waals surface area contributed by atoms with Crippen molar-refractivity contribution in [3.8, 4) is 10.8 Å². The quantitative estimate of drug-likeness (QED) is 0.481. The van der Waals surface area contributed by atoms with E-state index in [9.17, 15) is 0 Å². The number of fused-ring (bicyclic) bond motifs is 1. The zero-order valence-corrected chi connectivity index (χ0v) is 14.4. The number of H-pyrrole nitrogens is 1. The SMILES string of the molecule is Clc1ccccc1CSc1ccc2nc(-c3nccs3)[nH]c2c1. The van der Waals surface area contributed by atoms with Crippen LogP contribution in [0, 0.1) is 0 Å². The van der Waals surface area contributed by atoms with Crippen molar-refractivity contribution in [1.82, 2.24) is 15.0 Å². The Bertz CT molecular complexity index is 948. The van der Waals surface area contributed by atoms with Gasteiger partial charge in [0.25, 0.3) is 0 Å². The number of thioether (sulfide) groups is 1. The predicted molar refractivity (Wildman–Crippen MR) is 98.2 cm³/mol. The zero-order valence-electron chi connectivity index (χ0n) is 12.0. The van der Waals surface area contributed by atoms with Gasteiger partial charge in [0.15, 0.2) is 10.8 Å². The molecule has 0 spiro atoms. The van der Waals surface area contributed by atoms with Gasteiger partial charge in [-0.25, -0.2) is 9.97 Å². The van der Waals surface area contributed by atoms with E-state index in [0.29, 0.717) is 0 Å². The summed E-state index contributed by atoms with van der Waals surface area (Å²) in [4.78, 5) is 13.4. The minimum absolute atomic E-state index is 0.814. The Hall–Kier alpha value is -1.82. The molecule has 0 aliphatic carbocycles. The standard InChI is InChI=1S/C17H12ClN3S2/c18-13-4-2-1-3-11(13)10-23-12-5-6-14-15(9-12)21-16(20-14)17-19-7-8-22-17/h1-9H,10H2,(H,20,21). The zero-order chi connectivity index (χ0) is 15.6. The van der Waals surface area contributed by atoms with Gasteiger partial charge in [-0.15, -0.1) is 23.1 Å². The maximum atomic E-state index is 6.21. The number of aromatic amines is 1. The van der Waals surface area contributed by atoms with Crippen LogP contribution in [-0.4, -0.2) is 15.0 Å². The monoisotopic (exact) mass is 357 g/mol. The maximum absolute atomic E-state index is 6.21. The molecular formula is C17H12ClN3S2. The van der Waals surface area contributed by atoms with E-state index in [4.69, 9.17) is 11.6 Å². The first-order valence-corrected chi connectivity index (χ1v) is 9.30. The lowest BCUT2D eigenvalue weighted by molar-refractivity contribution is 1.29. The third kappa shape index (κ3) is 3.13. The number of hydrogen-bond donors (Lipinski definition) is 1. The third-order valence-corrected chi connectivity index (χ3v) is 5.63. The fourth-order valence-corrected chi connectivity index (χ4v) is 4.10. The van der Waals surface area contributed by atoms with Crippen LogP contribution in [0.15, 0.2) is 58.9 Å². The van der Waals surface area contributed by atoms with Crippen LogP contribution in [0.3, 0.4) is 0 Å². The molecule has 6 heteroatoms. The average molecular weight is 358 g/mol. The second-order valence-electron chi connectivity index (χ2n) is 4.98. The second-order valence-corrected chi connectivity index (χ2v) is 7.33. The van der Waals surface area contributed by atoms with Crippen molar-refractivity contribution in [2.24, 2.45) is 0 Å². The normalized spacial score (nSPS) is 11.2. The van der Waals surface area contributed by atoms with Crippen molar-refractivity contribution in [3.63, 3.8) is 0 Å². The number of nitrogens with one attached hydrogen (secondary N) is 1. The molecule has 0 atom stereocenters. The summed E-state index contributed by atoms with van der Waals surface area (Å²) in [6, 6.07) is 14.2. The van der Waals surface area contributed by atoms with Gasteiger partial charge in [0.1, 0.15) is 0 Å². The lowest BCUT2D eigenvalue weighted by atomic mass is 10.2. The second kappa shape index (κ2) is 6.35. The van der Waals surface area contributed by atoms with Gasteiger partial charge in [0.05, 0.1) is 11.0 Å². The molecule has 0 saturated carbocycles. The highest BCUT2D eigenvalue weighted by Crippen LogP contribution is 2.29. The molecule has 4 aromatic rings. The van der Waals surface area contributed by atoms with Crippen molar-refractivity contribution < 1.29 is 0 Å². The highest BCUT2D eigenvalue weighted by atomic mass is 35.5. The molecule has 0 fully saturated rings. The summed E-state index contributed by atoms with van der Waals surface area (Å²) in [6.45, 7) is 0. The molecule has 3 nitrogen and oxygen atoms in total. The molecule has 2 heterocycles. The van der Waals surface area contributed by atoms with Gasteiger partial charge < -0.3 is 4.98 Å². The Labute approximate surface area is 146 Å². The van der Waals surface area contributed by atoms with E-state index >= 15 is 0 Å². The molecule has 0 amide bonds. The first-order chi connectivity index (χ1) is 11.3. The maximum Gasteiger partial charge on any atom is 0.167 e. The van der Waals surface area contributed by atoms with Crippen LogP contribution in [-0.2, 0) is 5.75 Å². The molecule has 2 aromatic carbocycles. The van der Waals surface area contributed by atoms with Crippen molar-refractivity contribution in [3.05, 3.63) is 64.6 Å². The molecule has 114 valence electrons. The first-order valence-electron chi connectivity index (χ1n) is 7.05. The van der Waals surface area contributed by atoms with Crippen LogP contribution in [0.4, 0.5) is 0 Å². The van der Waals surface area contributed by atoms with Crippen LogP contribution < -0.4 is 0 Å². The molecule has 4 rings (SSSR count). The summed E-state index contributed by atoms with van der Waals surface area (Å²) in [5.74, 6) is 1.67. The fourth-order valence-electron chi connectivity index (χ4n) is 2.30. The topological polar surface area (TPSA) is 41.6 Å². The smallest absolute Gasteiger partial charge is 0.167 e. The molecule has 0 unspecified atom stereocenters. The number of halogens is 1. The van der Waals surface area contributed by atoms with Gasteiger partial charge in [-0.2, -0.15) is 0 Å². The molecule has 2 aromatic heterocycles. The molecule has 0 bridgehead atoms. The molecule has 0 aliphatic rings. The average Bonchev–Trinajstić information content (AvgIpc) is 3.22. The van der Waals surface area contributed by atoms with E-state index in [2.05, 4.69) is 33.2 Å². The van der Waals surface area contributed by atoms with Crippen LogP contribution in [0.25, 0.3) is 21.9 Å². The lowest BCUT2D eigenvalue weighted by Gasteiger charge is -2.04. The highest BCUT2D eigenvalue weighted by Gasteiger charge is 2.08. The first kappa shape index (κ1) is 14.8. The summed E-state index contributed by atoms with van der Waals surface area (Å²) in [5, 5.41) is 3.67. The molecule has 0 radical (unpaired) electrons. The van der Waals surface area contributed by atoms with E-state index in [-0.39, 0.29) is 0 Å². The Morgan fingerprint density at radius 2 is 2.09 bits per heavy atom. The van der Waals surface area contributed by atoms with Gasteiger partial charge in [0, 0.05) is 27.2 Å². The summed E-state index contributed by atoms with van der Waals surface area (Å²) in [6.07, 6.45) is 1.79. The lowest BCUT2D eigenvalue weighted by Crippen LogP contribution is -1.82.